The molecule has 2 aromatic heterocycles. The van der Waals surface area contributed by atoms with Crippen molar-refractivity contribution in [2.75, 3.05) is 30.4 Å². The molecule has 0 fully saturated rings. The number of alkyl halides is 3. The molecule has 0 saturated heterocycles. The number of esters is 1. The second-order valence-corrected chi connectivity index (χ2v) is 6.18. The number of rotatable bonds is 7. The van der Waals surface area contributed by atoms with Gasteiger partial charge in [0.2, 0.25) is 5.95 Å². The molecule has 162 valence electrons. The summed E-state index contributed by atoms with van der Waals surface area (Å²) in [5, 5.41) is 6.16. The molecular weight excluding hydrogens is 419 g/mol. The van der Waals surface area contributed by atoms with E-state index in [1.54, 1.807) is 13.1 Å². The number of aromatic nitrogens is 5. The minimum Gasteiger partial charge on any atom is -0.454 e. The fourth-order valence-electron chi connectivity index (χ4n) is 2.48. The van der Waals surface area contributed by atoms with Gasteiger partial charge in [0.1, 0.15) is 19.2 Å². The zero-order valence-corrected chi connectivity index (χ0v) is 16.1. The predicted molar refractivity (Wildman–Crippen MR) is 101 cm³/mol. The number of nitrogens with one attached hydrogen (secondary N) is 1. The Morgan fingerprint density at radius 2 is 1.97 bits per heavy atom. The quantitative estimate of drug-likeness (QED) is 0.558. The van der Waals surface area contributed by atoms with Crippen LogP contribution in [0, 0.1) is 0 Å². The van der Waals surface area contributed by atoms with Gasteiger partial charge in [0.25, 0.3) is 5.91 Å². The first kappa shape index (κ1) is 21.7. The number of nitrogens with zero attached hydrogens (tertiary/aromatic N) is 6. The summed E-state index contributed by atoms with van der Waals surface area (Å²) in [6.07, 6.45) is 0.841. The Morgan fingerprint density at radius 3 is 2.61 bits per heavy atom. The van der Waals surface area contributed by atoms with Crippen molar-refractivity contribution >= 4 is 23.5 Å². The number of halogens is 3. The molecule has 0 aliphatic heterocycles. The minimum absolute atomic E-state index is 0.158. The molecule has 0 radical (unpaired) electrons. The van der Waals surface area contributed by atoms with Gasteiger partial charge in [-0.05, 0) is 24.3 Å². The topological polar surface area (TPSA) is 115 Å². The lowest BCUT2D eigenvalue weighted by Crippen LogP contribution is -2.30. The molecule has 1 N–H and O–H groups in total. The van der Waals surface area contributed by atoms with E-state index in [2.05, 4.69) is 25.4 Å². The first-order valence-corrected chi connectivity index (χ1v) is 8.74. The fraction of sp³-hybridized carbons (Fsp3) is 0.222. The molecule has 0 saturated carbocycles. The summed E-state index contributed by atoms with van der Waals surface area (Å²) in [6.45, 7) is -0.930. The molecule has 0 spiro atoms. The maximum absolute atomic E-state index is 13.1. The van der Waals surface area contributed by atoms with Gasteiger partial charge in [-0.3, -0.25) is 9.59 Å². The van der Waals surface area contributed by atoms with E-state index >= 15 is 0 Å². The predicted octanol–water partition coefficient (Wildman–Crippen LogP) is 1.69. The van der Waals surface area contributed by atoms with Crippen molar-refractivity contribution in [2.24, 2.45) is 0 Å². The van der Waals surface area contributed by atoms with Gasteiger partial charge < -0.3 is 15.0 Å². The van der Waals surface area contributed by atoms with E-state index in [1.807, 2.05) is 0 Å². The smallest absolute Gasteiger partial charge is 0.416 e. The number of hydrogen-bond donors (Lipinski definition) is 1. The summed E-state index contributed by atoms with van der Waals surface area (Å²) < 4.78 is 45.3. The molecule has 13 heteroatoms. The lowest BCUT2D eigenvalue weighted by Gasteiger charge is -2.16. The Labute approximate surface area is 173 Å². The Bertz CT molecular complexity index is 1040. The van der Waals surface area contributed by atoms with Crippen LogP contribution >= 0.6 is 0 Å². The van der Waals surface area contributed by atoms with Crippen molar-refractivity contribution in [1.29, 1.82) is 0 Å². The summed E-state index contributed by atoms with van der Waals surface area (Å²) in [5.41, 5.74) is -0.976. The number of likely N-dealkylation sites (N-methyl/N-ethyl adjacent to an activating group) is 1. The fourth-order valence-corrected chi connectivity index (χ4v) is 2.48. The lowest BCUT2D eigenvalue weighted by atomic mass is 10.1. The molecule has 2 heterocycles. The molecule has 0 unspecified atom stereocenters. The van der Waals surface area contributed by atoms with Crippen LogP contribution in [0.4, 0.5) is 24.8 Å². The van der Waals surface area contributed by atoms with Gasteiger partial charge in [0.05, 0.1) is 16.9 Å². The summed E-state index contributed by atoms with van der Waals surface area (Å²) >= 11 is 0. The zero-order chi connectivity index (χ0) is 22.4. The monoisotopic (exact) mass is 435 g/mol. The van der Waals surface area contributed by atoms with Gasteiger partial charge in [-0.15, -0.1) is 0 Å². The van der Waals surface area contributed by atoms with Crippen molar-refractivity contribution in [3.05, 3.63) is 54.9 Å². The standard InChI is InChI=1S/C18H16F3N7O3/c1-27(17-23-5-2-6-24-17)8-16(30)31-9-15(29)26-13-7-12(18(19,20)21)3-4-14(13)28-11-22-10-25-28/h2-7,10-11H,8-9H2,1H3,(H,26,29). The highest BCUT2D eigenvalue weighted by atomic mass is 19.4. The van der Waals surface area contributed by atoms with Gasteiger partial charge in [-0.1, -0.05) is 0 Å². The van der Waals surface area contributed by atoms with Crippen molar-refractivity contribution in [3.8, 4) is 5.69 Å². The normalized spacial score (nSPS) is 11.1. The SMILES string of the molecule is CN(CC(=O)OCC(=O)Nc1cc(C(F)(F)F)ccc1-n1cncn1)c1ncccn1. The Kier molecular flexibility index (Phi) is 6.43. The summed E-state index contributed by atoms with van der Waals surface area (Å²) in [4.78, 5) is 37.2. The van der Waals surface area contributed by atoms with Crippen LogP contribution in [0.5, 0.6) is 0 Å². The molecule has 0 atom stereocenters. The minimum atomic E-state index is -4.61. The molecule has 0 bridgehead atoms. The molecule has 1 amide bonds. The lowest BCUT2D eigenvalue weighted by molar-refractivity contribution is -0.145. The van der Waals surface area contributed by atoms with Crippen LogP contribution < -0.4 is 10.2 Å². The summed E-state index contributed by atoms with van der Waals surface area (Å²) in [6, 6.07) is 4.38. The highest BCUT2D eigenvalue weighted by molar-refractivity contribution is 5.95. The first-order valence-electron chi connectivity index (χ1n) is 8.74. The number of hydrogen-bond acceptors (Lipinski definition) is 8. The highest BCUT2D eigenvalue weighted by Crippen LogP contribution is 2.33. The van der Waals surface area contributed by atoms with E-state index in [4.69, 9.17) is 4.74 Å². The van der Waals surface area contributed by atoms with Crippen LogP contribution in [0.2, 0.25) is 0 Å². The van der Waals surface area contributed by atoms with E-state index in [0.29, 0.717) is 0 Å². The molecule has 3 rings (SSSR count). The van der Waals surface area contributed by atoms with E-state index in [-0.39, 0.29) is 23.9 Å². The zero-order valence-electron chi connectivity index (χ0n) is 16.1. The first-order chi connectivity index (χ1) is 14.7. The van der Waals surface area contributed by atoms with Crippen LogP contribution in [0.25, 0.3) is 5.69 Å². The third-order valence-electron chi connectivity index (χ3n) is 3.89. The van der Waals surface area contributed by atoms with Crippen molar-refractivity contribution < 1.29 is 27.5 Å². The number of carbonyl (C=O) groups excluding carboxylic acids is 2. The second kappa shape index (κ2) is 9.19. The number of anilines is 2. The number of carbonyl (C=O) groups is 2. The molecule has 3 aromatic rings. The van der Waals surface area contributed by atoms with E-state index in [9.17, 15) is 22.8 Å². The van der Waals surface area contributed by atoms with E-state index in [0.717, 1.165) is 18.2 Å². The van der Waals surface area contributed by atoms with Gasteiger partial charge in [0.15, 0.2) is 6.61 Å². The maximum atomic E-state index is 13.1. The van der Waals surface area contributed by atoms with Crippen LogP contribution in [-0.2, 0) is 20.5 Å². The Morgan fingerprint density at radius 1 is 1.23 bits per heavy atom. The molecule has 1 aromatic carbocycles. The van der Waals surface area contributed by atoms with Crippen molar-refractivity contribution in [2.45, 2.75) is 6.18 Å². The van der Waals surface area contributed by atoms with Gasteiger partial charge in [0, 0.05) is 19.4 Å². The molecule has 0 aliphatic rings. The second-order valence-electron chi connectivity index (χ2n) is 6.18. The molecule has 0 aliphatic carbocycles. The van der Waals surface area contributed by atoms with E-state index < -0.39 is 30.2 Å². The van der Waals surface area contributed by atoms with Gasteiger partial charge in [-0.2, -0.15) is 18.3 Å². The third-order valence-corrected chi connectivity index (χ3v) is 3.89. The maximum Gasteiger partial charge on any atom is 0.416 e. The van der Waals surface area contributed by atoms with Crippen LogP contribution in [0.1, 0.15) is 5.56 Å². The average Bonchev–Trinajstić information content (AvgIpc) is 3.27. The Hall–Kier alpha value is -4.03. The Balaban J connectivity index is 1.65. The largest absolute Gasteiger partial charge is 0.454 e. The van der Waals surface area contributed by atoms with Crippen LogP contribution in [-0.4, -0.2) is 56.8 Å². The summed E-state index contributed by atoms with van der Waals surface area (Å²) in [7, 11) is 1.56. The summed E-state index contributed by atoms with van der Waals surface area (Å²) in [5.74, 6) is -1.29. The average molecular weight is 435 g/mol. The third kappa shape index (κ3) is 5.74. The molecule has 31 heavy (non-hydrogen) atoms. The van der Waals surface area contributed by atoms with Crippen molar-refractivity contribution in [1.82, 2.24) is 24.7 Å². The van der Waals surface area contributed by atoms with Crippen LogP contribution in [0.3, 0.4) is 0 Å². The van der Waals surface area contributed by atoms with Crippen LogP contribution in [0.15, 0.2) is 49.3 Å². The number of ether oxygens (including phenoxy) is 1. The molecule has 10 nitrogen and oxygen atoms in total. The number of benzene rings is 1. The van der Waals surface area contributed by atoms with E-state index in [1.165, 1.54) is 34.6 Å². The van der Waals surface area contributed by atoms with Crippen molar-refractivity contribution in [3.63, 3.8) is 0 Å². The van der Waals surface area contributed by atoms with Gasteiger partial charge >= 0.3 is 12.1 Å². The molecular formula is C18H16F3N7O3. The highest BCUT2D eigenvalue weighted by Gasteiger charge is 2.31. The van der Waals surface area contributed by atoms with Gasteiger partial charge in [-0.25, -0.2) is 19.6 Å². The number of amides is 1.